The minimum absolute atomic E-state index is 0.295. The van der Waals surface area contributed by atoms with Crippen LogP contribution in [0.4, 0.5) is 11.5 Å². The van der Waals surface area contributed by atoms with Gasteiger partial charge in [-0.1, -0.05) is 11.6 Å². The molecule has 0 saturated heterocycles. The van der Waals surface area contributed by atoms with Gasteiger partial charge in [-0.15, -0.1) is 0 Å². The maximum atomic E-state index is 11.5. The summed E-state index contributed by atoms with van der Waals surface area (Å²) >= 11 is 5.95. The van der Waals surface area contributed by atoms with E-state index < -0.39 is 5.41 Å². The molecule has 94 valence electrons. The van der Waals surface area contributed by atoms with Crippen LogP contribution in [-0.4, -0.2) is 24.6 Å². The van der Waals surface area contributed by atoms with Crippen LogP contribution in [0.3, 0.4) is 0 Å². The predicted octanol–water partition coefficient (Wildman–Crippen LogP) is 1.93. The van der Waals surface area contributed by atoms with Gasteiger partial charge in [0.15, 0.2) is 0 Å². The van der Waals surface area contributed by atoms with Crippen molar-refractivity contribution >= 4 is 29.1 Å². The van der Waals surface area contributed by atoms with E-state index in [1.165, 1.54) is 13.3 Å². The lowest BCUT2D eigenvalue weighted by molar-refractivity contribution is -0.149. The summed E-state index contributed by atoms with van der Waals surface area (Å²) in [5, 5.41) is 3.42. The number of nitrogens with one attached hydrogen (secondary N) is 1. The molecule has 1 aromatic heterocycles. The van der Waals surface area contributed by atoms with Crippen molar-refractivity contribution < 1.29 is 9.53 Å². The van der Waals surface area contributed by atoms with Crippen molar-refractivity contribution in [1.29, 1.82) is 0 Å². The first kappa shape index (κ1) is 13.6. The number of hydrogen-bond donors (Lipinski definition) is 2. The van der Waals surface area contributed by atoms with Gasteiger partial charge in [-0.2, -0.15) is 0 Å². The molecule has 0 unspecified atom stereocenters. The van der Waals surface area contributed by atoms with Gasteiger partial charge in [0.1, 0.15) is 5.82 Å². The van der Waals surface area contributed by atoms with Crippen LogP contribution < -0.4 is 11.1 Å². The van der Waals surface area contributed by atoms with Crippen molar-refractivity contribution in [2.45, 2.75) is 13.8 Å². The molecule has 6 heteroatoms. The number of pyridine rings is 1. The van der Waals surface area contributed by atoms with Crippen LogP contribution in [0.25, 0.3) is 0 Å². The monoisotopic (exact) mass is 257 g/mol. The number of nitrogens with two attached hydrogens (primary N) is 1. The van der Waals surface area contributed by atoms with E-state index in [-0.39, 0.29) is 5.97 Å². The van der Waals surface area contributed by atoms with Crippen molar-refractivity contribution in [3.05, 3.63) is 17.3 Å². The van der Waals surface area contributed by atoms with E-state index in [2.05, 4.69) is 10.3 Å². The van der Waals surface area contributed by atoms with Crippen LogP contribution in [0.15, 0.2) is 12.3 Å². The average molecular weight is 258 g/mol. The molecule has 5 nitrogen and oxygen atoms in total. The molecule has 0 amide bonds. The number of ether oxygens (including phenoxy) is 1. The highest BCUT2D eigenvalue weighted by molar-refractivity contribution is 6.33. The lowest BCUT2D eigenvalue weighted by atomic mass is 9.94. The van der Waals surface area contributed by atoms with Crippen molar-refractivity contribution in [3.63, 3.8) is 0 Å². The second kappa shape index (κ2) is 5.23. The molecule has 17 heavy (non-hydrogen) atoms. The molecule has 0 spiro atoms. The lowest BCUT2D eigenvalue weighted by Gasteiger charge is -2.22. The molecule has 0 atom stereocenters. The number of carbonyl (C=O) groups excluding carboxylic acids is 1. The Morgan fingerprint density at radius 2 is 2.29 bits per heavy atom. The van der Waals surface area contributed by atoms with E-state index >= 15 is 0 Å². The molecule has 3 N–H and O–H groups in total. The maximum absolute atomic E-state index is 11.5. The van der Waals surface area contributed by atoms with Crippen molar-refractivity contribution in [3.8, 4) is 0 Å². The third-order valence-corrected chi connectivity index (χ3v) is 2.59. The lowest BCUT2D eigenvalue weighted by Crippen LogP contribution is -2.33. The van der Waals surface area contributed by atoms with Crippen LogP contribution in [0.5, 0.6) is 0 Å². The Kier molecular flexibility index (Phi) is 4.17. The number of carbonyl (C=O) groups is 1. The third kappa shape index (κ3) is 3.49. The molecule has 0 saturated carbocycles. The molecule has 1 rings (SSSR count). The van der Waals surface area contributed by atoms with Crippen molar-refractivity contribution in [2.24, 2.45) is 5.41 Å². The Morgan fingerprint density at radius 1 is 1.65 bits per heavy atom. The number of halogens is 1. The van der Waals surface area contributed by atoms with Crippen LogP contribution >= 0.6 is 11.6 Å². The highest BCUT2D eigenvalue weighted by Gasteiger charge is 2.28. The fourth-order valence-electron chi connectivity index (χ4n) is 1.24. The van der Waals surface area contributed by atoms with Crippen LogP contribution in [-0.2, 0) is 9.53 Å². The van der Waals surface area contributed by atoms with Gasteiger partial charge < -0.3 is 15.8 Å². The Balaban J connectivity index is 2.70. The van der Waals surface area contributed by atoms with Crippen molar-refractivity contribution in [2.75, 3.05) is 24.7 Å². The normalized spacial score (nSPS) is 11.1. The Labute approximate surface area is 105 Å². The standard InChI is InChI=1S/C11H16ClN3O2/c1-11(2,10(16)17-3)6-15-9-8(12)4-7(13)5-14-9/h4-5H,6,13H2,1-3H3,(H,14,15). The molecule has 1 aromatic rings. The Hall–Kier alpha value is -1.49. The predicted molar refractivity (Wildman–Crippen MR) is 67.9 cm³/mol. The summed E-state index contributed by atoms with van der Waals surface area (Å²) < 4.78 is 4.70. The number of rotatable bonds is 4. The largest absolute Gasteiger partial charge is 0.469 e. The van der Waals surface area contributed by atoms with E-state index in [4.69, 9.17) is 22.1 Å². The Morgan fingerprint density at radius 3 is 2.82 bits per heavy atom. The summed E-state index contributed by atoms with van der Waals surface area (Å²) in [5.74, 6) is 0.203. The zero-order valence-electron chi connectivity index (χ0n) is 10.1. The average Bonchev–Trinajstić information content (AvgIpc) is 2.26. The number of anilines is 2. The molecule has 0 bridgehead atoms. The van der Waals surface area contributed by atoms with Crippen LogP contribution in [0.2, 0.25) is 5.02 Å². The molecular formula is C11H16ClN3O2. The molecule has 0 fully saturated rings. The van der Waals surface area contributed by atoms with E-state index in [0.29, 0.717) is 23.1 Å². The highest BCUT2D eigenvalue weighted by Crippen LogP contribution is 2.23. The molecule has 0 aromatic carbocycles. The quantitative estimate of drug-likeness (QED) is 0.806. The second-order valence-corrected chi connectivity index (χ2v) is 4.74. The van der Waals surface area contributed by atoms with E-state index in [1.54, 1.807) is 19.9 Å². The third-order valence-electron chi connectivity index (χ3n) is 2.30. The first-order chi connectivity index (χ1) is 7.86. The molecular weight excluding hydrogens is 242 g/mol. The van der Waals surface area contributed by atoms with Gasteiger partial charge in [-0.05, 0) is 19.9 Å². The van der Waals surface area contributed by atoms with Gasteiger partial charge in [0, 0.05) is 6.54 Å². The van der Waals surface area contributed by atoms with Gasteiger partial charge in [-0.3, -0.25) is 4.79 Å². The van der Waals surface area contributed by atoms with E-state index in [9.17, 15) is 4.79 Å². The van der Waals surface area contributed by atoms with Gasteiger partial charge in [0.25, 0.3) is 0 Å². The van der Waals surface area contributed by atoms with Gasteiger partial charge in [-0.25, -0.2) is 4.98 Å². The second-order valence-electron chi connectivity index (χ2n) is 4.33. The molecule has 1 heterocycles. The fourth-order valence-corrected chi connectivity index (χ4v) is 1.48. The molecule has 0 radical (unpaired) electrons. The number of methoxy groups -OCH3 is 1. The zero-order chi connectivity index (χ0) is 13.1. The summed E-state index contributed by atoms with van der Waals surface area (Å²) in [6.45, 7) is 3.92. The minimum Gasteiger partial charge on any atom is -0.469 e. The first-order valence-corrected chi connectivity index (χ1v) is 5.48. The summed E-state index contributed by atoms with van der Waals surface area (Å²) in [5.41, 5.74) is 5.37. The first-order valence-electron chi connectivity index (χ1n) is 5.10. The van der Waals surface area contributed by atoms with Crippen LogP contribution in [0, 0.1) is 5.41 Å². The molecule has 0 aliphatic carbocycles. The van der Waals surface area contributed by atoms with Gasteiger partial charge in [0.2, 0.25) is 0 Å². The highest BCUT2D eigenvalue weighted by atomic mass is 35.5. The number of hydrogen-bond acceptors (Lipinski definition) is 5. The van der Waals surface area contributed by atoms with Crippen molar-refractivity contribution in [1.82, 2.24) is 4.98 Å². The fraction of sp³-hybridized carbons (Fsp3) is 0.455. The molecule has 0 aliphatic rings. The van der Waals surface area contributed by atoms with Gasteiger partial charge in [0.05, 0.1) is 29.4 Å². The Bertz CT molecular complexity index is 421. The summed E-state index contributed by atoms with van der Waals surface area (Å²) in [4.78, 5) is 15.5. The van der Waals surface area contributed by atoms with E-state index in [0.717, 1.165) is 0 Å². The summed E-state index contributed by atoms with van der Waals surface area (Å²) in [6, 6.07) is 1.60. The summed E-state index contributed by atoms with van der Waals surface area (Å²) in [7, 11) is 1.36. The zero-order valence-corrected chi connectivity index (χ0v) is 10.8. The number of aromatic nitrogens is 1. The number of nitrogen functional groups attached to an aromatic ring is 1. The minimum atomic E-state index is -0.652. The number of esters is 1. The van der Waals surface area contributed by atoms with Gasteiger partial charge >= 0.3 is 5.97 Å². The molecule has 0 aliphatic heterocycles. The number of nitrogens with zero attached hydrogens (tertiary/aromatic N) is 1. The smallest absolute Gasteiger partial charge is 0.313 e. The van der Waals surface area contributed by atoms with Crippen LogP contribution in [0.1, 0.15) is 13.8 Å². The maximum Gasteiger partial charge on any atom is 0.313 e. The topological polar surface area (TPSA) is 77.2 Å². The summed E-state index contributed by atoms with van der Waals surface area (Å²) in [6.07, 6.45) is 1.50. The SMILES string of the molecule is COC(=O)C(C)(C)CNc1ncc(N)cc1Cl. The van der Waals surface area contributed by atoms with E-state index in [1.807, 2.05) is 0 Å².